The summed E-state index contributed by atoms with van der Waals surface area (Å²) in [5.41, 5.74) is 2.43. The van der Waals surface area contributed by atoms with E-state index in [9.17, 15) is 18.0 Å². The predicted molar refractivity (Wildman–Crippen MR) is 79.5 cm³/mol. The number of hydrogen-bond donors (Lipinski definition) is 2. The Hall–Kier alpha value is -1.43. The molecule has 0 radical (unpaired) electrons. The van der Waals surface area contributed by atoms with Crippen molar-refractivity contribution in [2.24, 2.45) is 0 Å². The van der Waals surface area contributed by atoms with Crippen molar-refractivity contribution >= 4 is 22.3 Å². The molecule has 0 spiro atoms. The number of fused-ring (bicyclic) bond motifs is 2. The van der Waals surface area contributed by atoms with Gasteiger partial charge in [0.15, 0.2) is 0 Å². The van der Waals surface area contributed by atoms with E-state index in [2.05, 4.69) is 9.76 Å². The number of hydroxylamine groups is 3. The second-order valence-corrected chi connectivity index (χ2v) is 7.36. The van der Waals surface area contributed by atoms with Gasteiger partial charge in [-0.15, -0.1) is 4.28 Å². The summed E-state index contributed by atoms with van der Waals surface area (Å²) in [4.78, 5) is 31.2. The third kappa shape index (κ3) is 3.79. The Labute approximate surface area is 139 Å². The van der Waals surface area contributed by atoms with Crippen molar-refractivity contribution in [1.29, 1.82) is 0 Å². The van der Waals surface area contributed by atoms with Gasteiger partial charge in [0.05, 0.1) is 12.1 Å². The molecule has 3 aliphatic rings. The number of hydrogen-bond acceptors (Lipinski definition) is 6. The van der Waals surface area contributed by atoms with Crippen LogP contribution in [0.1, 0.15) is 44.9 Å². The van der Waals surface area contributed by atoms with Gasteiger partial charge in [-0.05, 0) is 25.7 Å². The van der Waals surface area contributed by atoms with Crippen LogP contribution in [0.2, 0.25) is 0 Å². The average Bonchev–Trinajstić information content (AvgIpc) is 2.77. The Morgan fingerprint density at radius 2 is 1.88 bits per heavy atom. The molecule has 24 heavy (non-hydrogen) atoms. The van der Waals surface area contributed by atoms with Crippen LogP contribution in [0.4, 0.5) is 4.79 Å². The van der Waals surface area contributed by atoms with Crippen molar-refractivity contribution in [3.63, 3.8) is 0 Å². The van der Waals surface area contributed by atoms with E-state index in [4.69, 9.17) is 9.39 Å². The number of amides is 3. The molecule has 2 saturated heterocycles. The van der Waals surface area contributed by atoms with Crippen LogP contribution in [-0.2, 0) is 24.3 Å². The lowest BCUT2D eigenvalue weighted by atomic mass is 9.98. The number of carbonyl (C=O) groups is 2. The van der Waals surface area contributed by atoms with Crippen molar-refractivity contribution in [3.05, 3.63) is 0 Å². The fourth-order valence-corrected chi connectivity index (χ4v) is 3.88. The minimum absolute atomic E-state index is 0.00678. The molecule has 136 valence electrons. The summed E-state index contributed by atoms with van der Waals surface area (Å²) in [6, 6.07) is -2.01. The maximum Gasteiger partial charge on any atom is 0.418 e. The first-order valence-corrected chi connectivity index (χ1v) is 9.44. The van der Waals surface area contributed by atoms with E-state index in [0.29, 0.717) is 17.9 Å². The molecular formula is C13H21N3O7S. The summed E-state index contributed by atoms with van der Waals surface area (Å²) < 4.78 is 34.7. The van der Waals surface area contributed by atoms with E-state index < -0.39 is 34.4 Å². The van der Waals surface area contributed by atoms with E-state index in [1.807, 2.05) is 0 Å². The van der Waals surface area contributed by atoms with Gasteiger partial charge in [0.2, 0.25) is 0 Å². The summed E-state index contributed by atoms with van der Waals surface area (Å²) in [7, 11) is -4.79. The lowest BCUT2D eigenvalue weighted by Crippen LogP contribution is -2.50. The van der Waals surface area contributed by atoms with Crippen molar-refractivity contribution in [2.75, 3.05) is 6.54 Å². The van der Waals surface area contributed by atoms with E-state index in [1.54, 1.807) is 0 Å². The van der Waals surface area contributed by atoms with Crippen LogP contribution in [0.3, 0.4) is 0 Å². The zero-order chi connectivity index (χ0) is 17.3. The first kappa shape index (κ1) is 17.4. The highest BCUT2D eigenvalue weighted by Gasteiger charge is 2.49. The third-order valence-corrected chi connectivity index (χ3v) is 5.03. The molecule has 0 aromatic heterocycles. The molecular weight excluding hydrogens is 342 g/mol. The van der Waals surface area contributed by atoms with Crippen molar-refractivity contribution in [3.8, 4) is 0 Å². The van der Waals surface area contributed by atoms with Crippen LogP contribution in [0.25, 0.3) is 0 Å². The van der Waals surface area contributed by atoms with Gasteiger partial charge in [-0.25, -0.2) is 10.3 Å². The zero-order valence-electron chi connectivity index (χ0n) is 13.1. The first-order valence-electron chi connectivity index (χ1n) is 8.07. The molecule has 2 bridgehead atoms. The van der Waals surface area contributed by atoms with Crippen LogP contribution in [-0.4, -0.2) is 59.6 Å². The van der Waals surface area contributed by atoms with Crippen LogP contribution >= 0.6 is 0 Å². The van der Waals surface area contributed by atoms with Crippen molar-refractivity contribution in [1.82, 2.24) is 15.4 Å². The Morgan fingerprint density at radius 1 is 1.17 bits per heavy atom. The summed E-state index contributed by atoms with van der Waals surface area (Å²) in [5.74, 6) is -0.430. The average molecular weight is 363 g/mol. The Bertz CT molecular complexity index is 605. The summed E-state index contributed by atoms with van der Waals surface area (Å²) >= 11 is 0. The van der Waals surface area contributed by atoms with Gasteiger partial charge >= 0.3 is 16.4 Å². The molecule has 2 aliphatic heterocycles. The van der Waals surface area contributed by atoms with E-state index in [1.165, 1.54) is 11.3 Å². The molecule has 1 aliphatic carbocycles. The molecule has 0 aromatic rings. The largest absolute Gasteiger partial charge is 0.418 e. The van der Waals surface area contributed by atoms with E-state index in [-0.39, 0.29) is 12.6 Å². The fourth-order valence-electron chi connectivity index (χ4n) is 3.50. The summed E-state index contributed by atoms with van der Waals surface area (Å²) in [5, 5.41) is 0.616. The SMILES string of the molecule is O=C(NOC1CCCCC1)[C@@H]1CCC2CN1C(=O)N2OS(=O)(=O)O. The number of nitrogens with one attached hydrogen (secondary N) is 1. The maximum absolute atomic E-state index is 12.3. The third-order valence-electron chi connectivity index (χ3n) is 4.68. The number of urea groups is 1. The second-order valence-electron chi connectivity index (χ2n) is 6.35. The zero-order valence-corrected chi connectivity index (χ0v) is 13.9. The number of carbonyl (C=O) groups excluding carboxylic acids is 2. The van der Waals surface area contributed by atoms with Gasteiger partial charge in [-0.2, -0.15) is 13.5 Å². The fraction of sp³-hybridized carbons (Fsp3) is 0.846. The van der Waals surface area contributed by atoms with Gasteiger partial charge in [-0.3, -0.25) is 14.2 Å². The quantitative estimate of drug-likeness (QED) is 0.534. The van der Waals surface area contributed by atoms with Crippen LogP contribution in [0.15, 0.2) is 0 Å². The normalized spacial score (nSPS) is 28.3. The van der Waals surface area contributed by atoms with E-state index in [0.717, 1.165) is 25.7 Å². The van der Waals surface area contributed by atoms with Gasteiger partial charge in [0.1, 0.15) is 6.04 Å². The van der Waals surface area contributed by atoms with Gasteiger partial charge in [0.25, 0.3) is 5.91 Å². The molecule has 2 atom stereocenters. The smallest absolute Gasteiger partial charge is 0.309 e. The topological polar surface area (TPSA) is 125 Å². The molecule has 3 amide bonds. The van der Waals surface area contributed by atoms with Crippen molar-refractivity contribution < 1.29 is 31.7 Å². The minimum atomic E-state index is -4.79. The van der Waals surface area contributed by atoms with Crippen LogP contribution in [0, 0.1) is 0 Å². The minimum Gasteiger partial charge on any atom is -0.309 e. The highest BCUT2D eigenvalue weighted by atomic mass is 32.3. The molecule has 3 rings (SSSR count). The highest BCUT2D eigenvalue weighted by Crippen LogP contribution is 2.30. The molecule has 11 heteroatoms. The maximum atomic E-state index is 12.3. The Balaban J connectivity index is 1.58. The lowest BCUT2D eigenvalue weighted by molar-refractivity contribution is -0.145. The number of piperidine rings is 1. The monoisotopic (exact) mass is 363 g/mol. The molecule has 0 aromatic carbocycles. The van der Waals surface area contributed by atoms with Crippen LogP contribution in [0.5, 0.6) is 0 Å². The van der Waals surface area contributed by atoms with Gasteiger partial charge in [0, 0.05) is 6.54 Å². The molecule has 2 N–H and O–H groups in total. The summed E-state index contributed by atoms with van der Waals surface area (Å²) in [6.07, 6.45) is 5.84. The molecule has 1 unspecified atom stereocenters. The van der Waals surface area contributed by atoms with Crippen molar-refractivity contribution in [2.45, 2.75) is 63.1 Å². The molecule has 2 heterocycles. The molecule has 1 saturated carbocycles. The Kier molecular flexibility index (Phi) is 4.95. The molecule has 3 fully saturated rings. The first-order chi connectivity index (χ1) is 11.3. The lowest BCUT2D eigenvalue weighted by Gasteiger charge is -2.30. The van der Waals surface area contributed by atoms with E-state index >= 15 is 0 Å². The number of nitrogens with zero attached hydrogens (tertiary/aromatic N) is 2. The van der Waals surface area contributed by atoms with Crippen LogP contribution < -0.4 is 5.48 Å². The standard InChI is InChI=1S/C13H21N3O7S/c17-12(14-22-10-4-2-1-3-5-10)11-7-6-9-8-15(11)13(18)16(9)23-24(19,20)21/h9-11H,1-8H2,(H,14,17)(H,19,20,21)/t9?,11-/m0/s1. The van der Waals surface area contributed by atoms with Gasteiger partial charge in [-0.1, -0.05) is 19.3 Å². The second kappa shape index (κ2) is 6.82. The number of rotatable bonds is 5. The highest BCUT2D eigenvalue weighted by molar-refractivity contribution is 7.80. The van der Waals surface area contributed by atoms with Gasteiger partial charge < -0.3 is 4.90 Å². The Morgan fingerprint density at radius 3 is 2.54 bits per heavy atom. The molecule has 10 nitrogen and oxygen atoms in total. The predicted octanol–water partition coefficient (Wildman–Crippen LogP) is 0.370. The summed E-state index contributed by atoms with van der Waals surface area (Å²) in [6.45, 7) is 0.163.